The van der Waals surface area contributed by atoms with Crippen molar-refractivity contribution >= 4 is 17.5 Å². The average molecular weight is 238 g/mol. The molecule has 0 aliphatic heterocycles. The van der Waals surface area contributed by atoms with Crippen LogP contribution in [0, 0.1) is 0 Å². The molecule has 82 valence electrons. The van der Waals surface area contributed by atoms with Crippen molar-refractivity contribution in [3.05, 3.63) is 41.2 Å². The van der Waals surface area contributed by atoms with Crippen LogP contribution in [0.2, 0.25) is 5.15 Å². The number of nitrogens with zero attached hydrogens (tertiary/aromatic N) is 3. The van der Waals surface area contributed by atoms with Gasteiger partial charge < -0.3 is 5.32 Å². The van der Waals surface area contributed by atoms with Crippen LogP contribution in [0.5, 0.6) is 0 Å². The van der Waals surface area contributed by atoms with Gasteiger partial charge in [-0.3, -0.25) is 9.89 Å². The van der Waals surface area contributed by atoms with Crippen LogP contribution in [-0.4, -0.2) is 26.1 Å². The van der Waals surface area contributed by atoms with Gasteiger partial charge in [0.2, 0.25) is 0 Å². The van der Waals surface area contributed by atoms with Crippen molar-refractivity contribution in [3.63, 3.8) is 0 Å². The number of pyridine rings is 1. The van der Waals surface area contributed by atoms with E-state index in [4.69, 9.17) is 11.6 Å². The molecule has 2 aromatic heterocycles. The van der Waals surface area contributed by atoms with Gasteiger partial charge in [0, 0.05) is 6.20 Å². The van der Waals surface area contributed by atoms with Gasteiger partial charge in [-0.1, -0.05) is 11.6 Å². The fraction of sp³-hybridized carbons (Fsp3) is 0.111. The molecule has 2 heterocycles. The van der Waals surface area contributed by atoms with Crippen molar-refractivity contribution in [1.29, 1.82) is 0 Å². The summed E-state index contributed by atoms with van der Waals surface area (Å²) in [5.74, 6) is 0.280. The third kappa shape index (κ3) is 2.34. The Balaban J connectivity index is 2.01. The van der Waals surface area contributed by atoms with E-state index in [1.165, 1.54) is 12.5 Å². The summed E-state index contributed by atoms with van der Waals surface area (Å²) < 4.78 is 0. The highest BCUT2D eigenvalue weighted by Gasteiger charge is 2.10. The summed E-state index contributed by atoms with van der Waals surface area (Å²) in [5.41, 5.74) is 0.337. The number of rotatable bonds is 3. The molecule has 0 atom stereocenters. The highest BCUT2D eigenvalue weighted by molar-refractivity contribution is 6.32. The maximum atomic E-state index is 11.7. The number of H-pyrrole nitrogens is 1. The Bertz CT molecular complexity index is 484. The van der Waals surface area contributed by atoms with Gasteiger partial charge in [-0.15, -0.1) is 0 Å². The maximum absolute atomic E-state index is 11.7. The highest BCUT2D eigenvalue weighted by atomic mass is 35.5. The van der Waals surface area contributed by atoms with E-state index >= 15 is 0 Å². The van der Waals surface area contributed by atoms with Crippen molar-refractivity contribution in [1.82, 2.24) is 25.5 Å². The van der Waals surface area contributed by atoms with Crippen molar-refractivity contribution in [2.75, 3.05) is 0 Å². The van der Waals surface area contributed by atoms with Gasteiger partial charge in [0.25, 0.3) is 5.91 Å². The Morgan fingerprint density at radius 1 is 1.50 bits per heavy atom. The molecule has 2 rings (SSSR count). The van der Waals surface area contributed by atoms with Gasteiger partial charge in [0.05, 0.1) is 12.1 Å². The van der Waals surface area contributed by atoms with Crippen molar-refractivity contribution < 1.29 is 4.79 Å². The molecule has 0 saturated heterocycles. The Morgan fingerprint density at radius 3 is 3.06 bits per heavy atom. The smallest absolute Gasteiger partial charge is 0.254 e. The van der Waals surface area contributed by atoms with Gasteiger partial charge in [0.1, 0.15) is 17.3 Å². The molecule has 1 amide bonds. The lowest BCUT2D eigenvalue weighted by Crippen LogP contribution is -2.23. The predicted octanol–water partition coefficient (Wildman–Crippen LogP) is 0.783. The van der Waals surface area contributed by atoms with Crippen molar-refractivity contribution in [2.45, 2.75) is 6.54 Å². The van der Waals surface area contributed by atoms with Gasteiger partial charge in [-0.05, 0) is 12.1 Å². The average Bonchev–Trinajstić information content (AvgIpc) is 2.79. The summed E-state index contributed by atoms with van der Waals surface area (Å²) in [7, 11) is 0. The quantitative estimate of drug-likeness (QED) is 0.773. The molecule has 2 aromatic rings. The number of aromatic nitrogens is 4. The molecule has 0 aliphatic rings. The first-order chi connectivity index (χ1) is 7.77. The number of hydrogen-bond acceptors (Lipinski definition) is 4. The van der Waals surface area contributed by atoms with Crippen LogP contribution in [0.25, 0.3) is 0 Å². The molecule has 7 heteroatoms. The van der Waals surface area contributed by atoms with Crippen LogP contribution in [0.15, 0.2) is 24.7 Å². The molecular weight excluding hydrogens is 230 g/mol. The Kier molecular flexibility index (Phi) is 3.11. The van der Waals surface area contributed by atoms with Crippen LogP contribution in [0.4, 0.5) is 0 Å². The minimum absolute atomic E-state index is 0.178. The summed E-state index contributed by atoms with van der Waals surface area (Å²) in [6.45, 7) is 0.268. The second-order valence-corrected chi connectivity index (χ2v) is 3.31. The first-order valence-electron chi connectivity index (χ1n) is 4.50. The van der Waals surface area contributed by atoms with Crippen LogP contribution >= 0.6 is 11.6 Å². The molecule has 0 spiro atoms. The molecule has 0 aromatic carbocycles. The molecule has 2 N–H and O–H groups in total. The van der Waals surface area contributed by atoms with E-state index in [2.05, 4.69) is 25.5 Å². The fourth-order valence-electron chi connectivity index (χ4n) is 1.13. The number of hydrogen-bond donors (Lipinski definition) is 2. The number of carbonyl (C=O) groups excluding carboxylic acids is 1. The predicted molar refractivity (Wildman–Crippen MR) is 56.8 cm³/mol. The van der Waals surface area contributed by atoms with E-state index in [0.29, 0.717) is 11.4 Å². The van der Waals surface area contributed by atoms with Crippen molar-refractivity contribution in [2.24, 2.45) is 0 Å². The third-order valence-corrected chi connectivity index (χ3v) is 2.19. The Morgan fingerprint density at radius 2 is 2.38 bits per heavy atom. The number of carbonyl (C=O) groups is 1. The van der Waals surface area contributed by atoms with E-state index in [0.717, 1.165) is 0 Å². The van der Waals surface area contributed by atoms with Crippen LogP contribution in [0.3, 0.4) is 0 Å². The highest BCUT2D eigenvalue weighted by Crippen LogP contribution is 2.10. The second-order valence-electron chi connectivity index (χ2n) is 2.96. The molecule has 16 heavy (non-hydrogen) atoms. The summed E-state index contributed by atoms with van der Waals surface area (Å²) in [6.07, 6.45) is 2.90. The second kappa shape index (κ2) is 4.71. The molecule has 0 aliphatic carbocycles. The zero-order valence-electron chi connectivity index (χ0n) is 8.14. The number of amides is 1. The fourth-order valence-corrected chi connectivity index (χ4v) is 1.34. The van der Waals surface area contributed by atoms with Gasteiger partial charge in [-0.25, -0.2) is 9.97 Å². The summed E-state index contributed by atoms with van der Waals surface area (Å²) in [6, 6.07) is 3.25. The first-order valence-corrected chi connectivity index (χ1v) is 4.88. The lowest BCUT2D eigenvalue weighted by Gasteiger charge is -2.03. The van der Waals surface area contributed by atoms with E-state index in [1.54, 1.807) is 12.1 Å². The lowest BCUT2D eigenvalue weighted by atomic mass is 10.2. The first kappa shape index (κ1) is 10.6. The minimum Gasteiger partial charge on any atom is -0.345 e. The summed E-state index contributed by atoms with van der Waals surface area (Å²) in [4.78, 5) is 19.4. The molecular formula is C9H8ClN5O. The van der Waals surface area contributed by atoms with Crippen LogP contribution < -0.4 is 5.32 Å². The van der Waals surface area contributed by atoms with E-state index in [1.807, 2.05) is 0 Å². The zero-order valence-corrected chi connectivity index (χ0v) is 8.90. The summed E-state index contributed by atoms with van der Waals surface area (Å²) in [5, 5.41) is 9.12. The number of halogens is 1. The molecule has 0 saturated carbocycles. The van der Waals surface area contributed by atoms with Gasteiger partial charge in [-0.2, -0.15) is 5.10 Å². The van der Waals surface area contributed by atoms with Crippen molar-refractivity contribution in [3.8, 4) is 0 Å². The van der Waals surface area contributed by atoms with Gasteiger partial charge >= 0.3 is 0 Å². The largest absolute Gasteiger partial charge is 0.345 e. The van der Waals surface area contributed by atoms with E-state index < -0.39 is 0 Å². The molecule has 0 bridgehead atoms. The topological polar surface area (TPSA) is 83.6 Å². The molecule has 0 radical (unpaired) electrons. The zero-order chi connectivity index (χ0) is 11.4. The maximum Gasteiger partial charge on any atom is 0.254 e. The Hall–Kier alpha value is -1.95. The molecule has 0 fully saturated rings. The number of aromatic amines is 1. The van der Waals surface area contributed by atoms with Gasteiger partial charge in [0.15, 0.2) is 0 Å². The summed E-state index contributed by atoms with van der Waals surface area (Å²) >= 11 is 5.77. The van der Waals surface area contributed by atoms with Crippen LogP contribution in [0.1, 0.15) is 16.2 Å². The molecule has 0 unspecified atom stereocenters. The standard InChI is InChI=1S/C9H8ClN5O/c10-8-6(2-1-3-11-8)9(16)12-4-7-13-5-14-15-7/h1-3,5H,4H2,(H,12,16)(H,13,14,15). The molecule has 6 nitrogen and oxygen atoms in total. The van der Waals surface area contributed by atoms with Crippen LogP contribution in [-0.2, 0) is 6.54 Å². The third-order valence-electron chi connectivity index (χ3n) is 1.89. The minimum atomic E-state index is -0.297. The number of nitrogens with one attached hydrogen (secondary N) is 2. The van der Waals surface area contributed by atoms with E-state index in [-0.39, 0.29) is 17.6 Å². The monoisotopic (exact) mass is 237 g/mol. The normalized spacial score (nSPS) is 10.1. The Labute approximate surface area is 96.1 Å². The SMILES string of the molecule is O=C(NCc1ncn[nH]1)c1cccnc1Cl. The lowest BCUT2D eigenvalue weighted by molar-refractivity contribution is 0.0949. The van der Waals surface area contributed by atoms with E-state index in [9.17, 15) is 4.79 Å².